The minimum Gasteiger partial charge on any atom is -0.0705 e. The molecular weight excluding hydrogens is 260 g/mol. The summed E-state index contributed by atoms with van der Waals surface area (Å²) >= 11 is 0. The van der Waals surface area contributed by atoms with Gasteiger partial charge in [-0.25, -0.2) is 0 Å². The maximum absolute atomic E-state index is 2.71. The molecule has 0 aliphatic carbocycles. The Hall–Kier alpha value is 0.434. The summed E-state index contributed by atoms with van der Waals surface area (Å²) in [6.45, 7) is 32.7. The van der Waals surface area contributed by atoms with Crippen molar-refractivity contribution in [2.45, 2.75) is 110 Å². The highest BCUT2D eigenvalue weighted by Crippen LogP contribution is 2.60. The maximum atomic E-state index is 2.71. The third kappa shape index (κ3) is 3.75. The molecule has 0 aliphatic heterocycles. The monoisotopic (exact) mass is 299 g/mol. The van der Waals surface area contributed by atoms with Crippen molar-refractivity contribution in [1.82, 2.24) is 0 Å². The van der Waals surface area contributed by atoms with Crippen LogP contribution < -0.4 is 0 Å². The Morgan fingerprint density at radius 1 is 0.526 bits per heavy atom. The van der Waals surface area contributed by atoms with E-state index in [0.717, 1.165) is 0 Å². The largest absolute Gasteiger partial charge is 0.0705 e. The van der Waals surface area contributed by atoms with Crippen molar-refractivity contribution in [2.24, 2.45) is 0 Å². The molecule has 0 aromatic heterocycles. The van der Waals surface area contributed by atoms with E-state index in [1.807, 2.05) is 0 Å². The molecule has 0 bridgehead atoms. The Labute approximate surface area is 126 Å². The molecule has 0 rings (SSSR count). The van der Waals surface area contributed by atoms with E-state index in [-0.39, 0.29) is 0 Å². The lowest BCUT2D eigenvalue weighted by molar-refractivity contribution is 0.602. The summed E-state index contributed by atoms with van der Waals surface area (Å²) in [4.78, 5) is 0. The fourth-order valence-corrected chi connectivity index (χ4v) is 27.0. The SMILES string of the molecule is CC(C)(C)[Si](C(C)(C)C)[Si](C)(C(C)(C)C)C(C)(C)C. The van der Waals surface area contributed by atoms with Crippen LogP contribution in [0.2, 0.25) is 26.7 Å². The van der Waals surface area contributed by atoms with Crippen LogP contribution in [0, 0.1) is 0 Å². The van der Waals surface area contributed by atoms with Gasteiger partial charge in [-0.15, -0.1) is 0 Å². The van der Waals surface area contributed by atoms with Crippen molar-refractivity contribution in [2.75, 3.05) is 0 Å². The molecule has 0 saturated carbocycles. The summed E-state index contributed by atoms with van der Waals surface area (Å²) < 4.78 is 0. The van der Waals surface area contributed by atoms with Gasteiger partial charge < -0.3 is 0 Å². The molecule has 0 amide bonds. The average Bonchev–Trinajstić information content (AvgIpc) is 1.92. The first-order valence-electron chi connectivity index (χ1n) is 7.75. The zero-order chi connectivity index (χ0) is 16.1. The van der Waals surface area contributed by atoms with Crippen LogP contribution in [-0.4, -0.2) is 15.9 Å². The first-order valence-corrected chi connectivity index (χ1v) is 12.8. The van der Waals surface area contributed by atoms with Crippen LogP contribution in [0.1, 0.15) is 83.1 Å². The molecule has 19 heavy (non-hydrogen) atoms. The van der Waals surface area contributed by atoms with Gasteiger partial charge in [0.1, 0.15) is 0 Å². The minimum atomic E-state index is -1.45. The highest BCUT2D eigenvalue weighted by molar-refractivity contribution is 7.36. The molecule has 0 spiro atoms. The summed E-state index contributed by atoms with van der Waals surface area (Å²) in [6.07, 6.45) is 0. The predicted molar refractivity (Wildman–Crippen MR) is 96.2 cm³/mol. The van der Waals surface area contributed by atoms with Crippen molar-refractivity contribution >= 4 is 15.9 Å². The van der Waals surface area contributed by atoms with Gasteiger partial charge in [0.2, 0.25) is 0 Å². The van der Waals surface area contributed by atoms with Gasteiger partial charge in [0.05, 0.1) is 15.9 Å². The van der Waals surface area contributed by atoms with Crippen molar-refractivity contribution in [3.05, 3.63) is 0 Å². The lowest BCUT2D eigenvalue weighted by Gasteiger charge is -2.61. The molecule has 0 nitrogen and oxygen atoms in total. The van der Waals surface area contributed by atoms with Crippen molar-refractivity contribution in [1.29, 1.82) is 0 Å². The van der Waals surface area contributed by atoms with Crippen LogP contribution in [-0.2, 0) is 0 Å². The molecule has 0 atom stereocenters. The molecule has 0 aromatic carbocycles. The molecule has 115 valence electrons. The highest BCUT2D eigenvalue weighted by Gasteiger charge is 2.60. The molecule has 1 radical (unpaired) electrons. The highest BCUT2D eigenvalue weighted by atomic mass is 29.2. The average molecular weight is 300 g/mol. The number of hydrogen-bond donors (Lipinski definition) is 0. The van der Waals surface area contributed by atoms with Gasteiger partial charge in [-0.2, -0.15) is 0 Å². The Morgan fingerprint density at radius 2 is 0.737 bits per heavy atom. The van der Waals surface area contributed by atoms with Gasteiger partial charge in [0.25, 0.3) is 0 Å². The van der Waals surface area contributed by atoms with Crippen molar-refractivity contribution < 1.29 is 0 Å². The summed E-state index contributed by atoms with van der Waals surface area (Å²) in [6, 6.07) is 0. The van der Waals surface area contributed by atoms with Crippen LogP contribution >= 0.6 is 0 Å². The molecule has 0 N–H and O–H groups in total. The van der Waals surface area contributed by atoms with Crippen LogP contribution in [0.25, 0.3) is 0 Å². The van der Waals surface area contributed by atoms with Gasteiger partial charge in [-0.05, 0) is 20.2 Å². The van der Waals surface area contributed by atoms with Crippen molar-refractivity contribution in [3.63, 3.8) is 0 Å². The molecule has 0 fully saturated rings. The Morgan fingerprint density at radius 3 is 0.789 bits per heavy atom. The minimum absolute atomic E-state index is 0.458. The molecular formula is C17H39Si2. The predicted octanol–water partition coefficient (Wildman–Crippen LogP) is 6.84. The van der Waals surface area contributed by atoms with Crippen LogP contribution in [0.4, 0.5) is 0 Å². The summed E-state index contributed by atoms with van der Waals surface area (Å²) in [5, 5.41) is 1.84. The fraction of sp³-hybridized carbons (Fsp3) is 1.00. The first-order chi connectivity index (χ1) is 7.87. The van der Waals surface area contributed by atoms with Crippen LogP contribution in [0.15, 0.2) is 0 Å². The van der Waals surface area contributed by atoms with Gasteiger partial charge in [0.15, 0.2) is 0 Å². The van der Waals surface area contributed by atoms with E-state index in [2.05, 4.69) is 89.6 Å². The second kappa shape index (κ2) is 5.01. The molecule has 0 saturated heterocycles. The van der Waals surface area contributed by atoms with Crippen LogP contribution in [0.3, 0.4) is 0 Å². The van der Waals surface area contributed by atoms with E-state index in [1.54, 1.807) is 0 Å². The van der Waals surface area contributed by atoms with Crippen LogP contribution in [0.5, 0.6) is 0 Å². The standard InChI is InChI=1S/C17H39Si2/c1-14(2,3)18(15(4,5)6)19(13,16(7,8)9)17(10,11)12/h1-13H3. The third-order valence-electron chi connectivity index (χ3n) is 5.00. The summed E-state index contributed by atoms with van der Waals surface area (Å²) in [5.74, 6) is 0. The first kappa shape index (κ1) is 19.4. The van der Waals surface area contributed by atoms with E-state index in [1.165, 1.54) is 0 Å². The zero-order valence-electron chi connectivity index (χ0n) is 16.0. The van der Waals surface area contributed by atoms with E-state index in [0.29, 0.717) is 20.2 Å². The molecule has 2 heteroatoms. The molecule has 0 unspecified atom stereocenters. The molecule has 0 aliphatic rings. The molecule has 0 aromatic rings. The van der Waals surface area contributed by atoms with Gasteiger partial charge in [-0.1, -0.05) is 89.6 Å². The van der Waals surface area contributed by atoms with Crippen molar-refractivity contribution in [3.8, 4) is 0 Å². The quantitative estimate of drug-likeness (QED) is 0.465. The fourth-order valence-electron chi connectivity index (χ4n) is 4.50. The van der Waals surface area contributed by atoms with Gasteiger partial charge >= 0.3 is 0 Å². The number of rotatable bonds is 1. The topological polar surface area (TPSA) is 0 Å². The normalized spacial score (nSPS) is 16.1. The maximum Gasteiger partial charge on any atom is 0.0537 e. The van der Waals surface area contributed by atoms with E-state index < -0.39 is 15.9 Å². The van der Waals surface area contributed by atoms with E-state index in [9.17, 15) is 0 Å². The Balaban J connectivity index is 6.28. The van der Waals surface area contributed by atoms with E-state index >= 15 is 0 Å². The summed E-state index contributed by atoms with van der Waals surface area (Å²) in [5.41, 5.74) is 0. The lowest BCUT2D eigenvalue weighted by Crippen LogP contribution is -2.67. The Kier molecular flexibility index (Phi) is 5.13. The second-order valence-corrected chi connectivity index (χ2v) is 24.0. The molecule has 0 heterocycles. The van der Waals surface area contributed by atoms with Gasteiger partial charge in [-0.3, -0.25) is 0 Å². The van der Waals surface area contributed by atoms with Gasteiger partial charge in [0, 0.05) is 0 Å². The summed E-state index contributed by atoms with van der Waals surface area (Å²) in [7, 11) is -1.94. The smallest absolute Gasteiger partial charge is 0.0537 e. The second-order valence-electron chi connectivity index (χ2n) is 10.5. The lowest BCUT2D eigenvalue weighted by atomic mass is 10.2. The zero-order valence-corrected chi connectivity index (χ0v) is 18.0. The third-order valence-corrected chi connectivity index (χ3v) is 27.0. The van der Waals surface area contributed by atoms with E-state index in [4.69, 9.17) is 0 Å². The number of hydrogen-bond acceptors (Lipinski definition) is 0. The Bertz CT molecular complexity index is 274.